The van der Waals surface area contributed by atoms with Crippen molar-refractivity contribution in [3.05, 3.63) is 76.1 Å². The predicted molar refractivity (Wildman–Crippen MR) is 120 cm³/mol. The van der Waals surface area contributed by atoms with E-state index in [4.69, 9.17) is 0 Å². The zero-order valence-corrected chi connectivity index (χ0v) is 18.6. The van der Waals surface area contributed by atoms with Gasteiger partial charge in [0.1, 0.15) is 0 Å². The minimum Gasteiger partial charge on any atom is -0.336 e. The highest BCUT2D eigenvalue weighted by atomic mass is 32.2. The lowest BCUT2D eigenvalue weighted by Crippen LogP contribution is -2.50. The fourth-order valence-corrected chi connectivity index (χ4v) is 5.32. The summed E-state index contributed by atoms with van der Waals surface area (Å²) in [6.45, 7) is 2.14. The molecule has 0 atom stereocenters. The molecule has 0 N–H and O–H groups in total. The molecule has 1 fully saturated rings. The largest absolute Gasteiger partial charge is 0.336 e. The summed E-state index contributed by atoms with van der Waals surface area (Å²) in [6, 6.07) is 14.4. The Balaban J connectivity index is 1.53. The number of pyridine rings is 1. The van der Waals surface area contributed by atoms with Crippen molar-refractivity contribution in [3.63, 3.8) is 0 Å². The lowest BCUT2D eigenvalue weighted by atomic mass is 10.1. The van der Waals surface area contributed by atoms with Gasteiger partial charge in [0.2, 0.25) is 10.0 Å². The molecule has 1 saturated heterocycles. The van der Waals surface area contributed by atoms with E-state index in [1.54, 1.807) is 24.1 Å². The highest BCUT2D eigenvalue weighted by Gasteiger charge is 2.31. The Morgan fingerprint density at radius 2 is 1.53 bits per heavy atom. The van der Waals surface area contributed by atoms with Crippen molar-refractivity contribution in [1.82, 2.24) is 13.8 Å². The second-order valence-corrected chi connectivity index (χ2v) is 9.69. The molecule has 0 saturated carbocycles. The van der Waals surface area contributed by atoms with Crippen LogP contribution in [0.3, 0.4) is 0 Å². The van der Waals surface area contributed by atoms with Crippen LogP contribution in [0.4, 0.5) is 0 Å². The molecular formula is C23H23N3O5S. The second kappa shape index (κ2) is 8.33. The summed E-state index contributed by atoms with van der Waals surface area (Å²) in [7, 11) is -2.08. The number of sulfonamides is 1. The number of fused-ring (bicyclic) bond motifs is 1. The van der Waals surface area contributed by atoms with Crippen molar-refractivity contribution in [2.75, 3.05) is 26.2 Å². The van der Waals surface area contributed by atoms with E-state index in [0.29, 0.717) is 22.0 Å². The number of rotatable bonds is 4. The van der Waals surface area contributed by atoms with E-state index >= 15 is 0 Å². The van der Waals surface area contributed by atoms with Crippen LogP contribution in [0.15, 0.2) is 64.3 Å². The summed E-state index contributed by atoms with van der Waals surface area (Å²) in [5, 5.41) is 0.681. The smallest absolute Gasteiger partial charge is 0.254 e. The molecule has 8 nitrogen and oxygen atoms in total. The van der Waals surface area contributed by atoms with E-state index in [2.05, 4.69) is 0 Å². The van der Waals surface area contributed by atoms with Gasteiger partial charge in [-0.3, -0.25) is 14.4 Å². The van der Waals surface area contributed by atoms with Crippen LogP contribution >= 0.6 is 0 Å². The lowest BCUT2D eigenvalue weighted by molar-refractivity contribution is 0.0699. The number of ketones is 1. The molecule has 3 aromatic rings. The van der Waals surface area contributed by atoms with Gasteiger partial charge in [-0.2, -0.15) is 4.31 Å². The third-order valence-corrected chi connectivity index (χ3v) is 7.72. The molecule has 0 aliphatic carbocycles. The van der Waals surface area contributed by atoms with E-state index in [1.807, 2.05) is 12.1 Å². The van der Waals surface area contributed by atoms with Crippen LogP contribution in [0.1, 0.15) is 27.6 Å². The van der Waals surface area contributed by atoms with E-state index in [-0.39, 0.29) is 48.3 Å². The minimum absolute atomic E-state index is 0.111. The quantitative estimate of drug-likeness (QED) is 0.562. The van der Waals surface area contributed by atoms with Crippen molar-refractivity contribution in [3.8, 4) is 0 Å². The first kappa shape index (κ1) is 21.9. The first-order valence-corrected chi connectivity index (χ1v) is 11.6. The van der Waals surface area contributed by atoms with E-state index in [0.717, 1.165) is 0 Å². The molecule has 32 heavy (non-hydrogen) atoms. The molecular weight excluding hydrogens is 430 g/mol. The topological polar surface area (TPSA) is 96.8 Å². The van der Waals surface area contributed by atoms with Crippen LogP contribution < -0.4 is 5.56 Å². The van der Waals surface area contributed by atoms with Crippen molar-refractivity contribution in [2.24, 2.45) is 7.05 Å². The number of nitrogens with zero attached hydrogens (tertiary/aromatic N) is 3. The lowest BCUT2D eigenvalue weighted by Gasteiger charge is -2.34. The molecule has 1 aliphatic rings. The maximum atomic E-state index is 13.2. The monoisotopic (exact) mass is 453 g/mol. The number of hydrogen-bond acceptors (Lipinski definition) is 5. The van der Waals surface area contributed by atoms with Gasteiger partial charge < -0.3 is 9.47 Å². The van der Waals surface area contributed by atoms with Gasteiger partial charge in [0.15, 0.2) is 5.78 Å². The van der Waals surface area contributed by atoms with Gasteiger partial charge in [-0.1, -0.05) is 30.3 Å². The third kappa shape index (κ3) is 3.85. The van der Waals surface area contributed by atoms with Gasteiger partial charge in [0.05, 0.1) is 16.0 Å². The summed E-state index contributed by atoms with van der Waals surface area (Å²) in [6.07, 6.45) is 0. The summed E-state index contributed by atoms with van der Waals surface area (Å²) < 4.78 is 28.8. The molecule has 0 bridgehead atoms. The Kier molecular flexibility index (Phi) is 5.70. The number of benzene rings is 2. The predicted octanol–water partition coefficient (Wildman–Crippen LogP) is 1.89. The van der Waals surface area contributed by atoms with Gasteiger partial charge in [-0.05, 0) is 25.1 Å². The van der Waals surface area contributed by atoms with E-state index < -0.39 is 10.0 Å². The van der Waals surface area contributed by atoms with Gasteiger partial charge in [0.25, 0.3) is 11.5 Å². The normalized spacial score (nSPS) is 15.1. The van der Waals surface area contributed by atoms with Crippen molar-refractivity contribution < 1.29 is 18.0 Å². The summed E-state index contributed by atoms with van der Waals surface area (Å²) in [5.41, 5.74) is 1.15. The van der Waals surface area contributed by atoms with Gasteiger partial charge in [-0.25, -0.2) is 8.42 Å². The molecule has 1 amide bonds. The Bertz CT molecular complexity index is 1370. The van der Waals surface area contributed by atoms with Crippen molar-refractivity contribution in [1.29, 1.82) is 0 Å². The van der Waals surface area contributed by atoms with Crippen LogP contribution in [-0.2, 0) is 17.1 Å². The molecule has 166 valence electrons. The number of carbonyl (C=O) groups excluding carboxylic acids is 2. The van der Waals surface area contributed by atoms with Gasteiger partial charge >= 0.3 is 0 Å². The molecule has 0 radical (unpaired) electrons. The van der Waals surface area contributed by atoms with Crippen LogP contribution in [0.25, 0.3) is 10.9 Å². The number of para-hydroxylation sites is 1. The van der Waals surface area contributed by atoms with Crippen LogP contribution in [0, 0.1) is 0 Å². The Hall–Kier alpha value is -3.30. The first-order valence-electron chi connectivity index (χ1n) is 10.2. The Morgan fingerprint density at radius 1 is 0.906 bits per heavy atom. The molecule has 0 unspecified atom stereocenters. The number of piperazine rings is 1. The number of aryl methyl sites for hydroxylation is 1. The maximum absolute atomic E-state index is 13.2. The third-order valence-electron chi connectivity index (χ3n) is 5.81. The minimum atomic E-state index is -3.73. The van der Waals surface area contributed by atoms with Crippen LogP contribution in [-0.4, -0.2) is 60.1 Å². The number of hydrogen-bond donors (Lipinski definition) is 0. The average molecular weight is 454 g/mol. The number of Topliss-reactive ketones (excluding diaryl/α,β-unsaturated/α-hetero) is 1. The standard InChI is InChI=1S/C23H23N3O5S/c1-16(27)17-7-9-18(10-8-17)32(30,31)26-13-11-25(12-14-26)23(29)20-15-22(28)24(2)21-6-4-3-5-19(20)21/h3-10,15H,11-14H2,1-2H3. The van der Waals surface area contributed by atoms with Crippen LogP contribution in [0.2, 0.25) is 0 Å². The molecule has 2 aromatic carbocycles. The van der Waals surface area contributed by atoms with Gasteiger partial charge in [0, 0.05) is 50.2 Å². The zero-order chi connectivity index (χ0) is 23.0. The van der Waals surface area contributed by atoms with Crippen molar-refractivity contribution in [2.45, 2.75) is 11.8 Å². The summed E-state index contributed by atoms with van der Waals surface area (Å²) >= 11 is 0. The fraction of sp³-hybridized carbons (Fsp3) is 0.261. The molecule has 1 aliphatic heterocycles. The SMILES string of the molecule is CC(=O)c1ccc(S(=O)(=O)N2CCN(C(=O)c3cc(=O)n(C)c4ccccc34)CC2)cc1. The molecule has 4 rings (SSSR count). The van der Waals surface area contributed by atoms with E-state index in [9.17, 15) is 22.8 Å². The molecule has 0 spiro atoms. The average Bonchev–Trinajstić information content (AvgIpc) is 2.81. The summed E-state index contributed by atoms with van der Waals surface area (Å²) in [5.74, 6) is -0.425. The van der Waals surface area contributed by atoms with Crippen LogP contribution in [0.5, 0.6) is 0 Å². The second-order valence-electron chi connectivity index (χ2n) is 7.75. The highest BCUT2D eigenvalue weighted by molar-refractivity contribution is 7.89. The maximum Gasteiger partial charge on any atom is 0.254 e. The van der Waals surface area contributed by atoms with Crippen molar-refractivity contribution >= 4 is 32.6 Å². The number of aromatic nitrogens is 1. The summed E-state index contributed by atoms with van der Waals surface area (Å²) in [4.78, 5) is 38.6. The molecule has 1 aromatic heterocycles. The Morgan fingerprint density at radius 3 is 2.16 bits per heavy atom. The highest BCUT2D eigenvalue weighted by Crippen LogP contribution is 2.22. The zero-order valence-electron chi connectivity index (χ0n) is 17.8. The number of carbonyl (C=O) groups is 2. The fourth-order valence-electron chi connectivity index (χ4n) is 3.90. The first-order chi connectivity index (χ1) is 15.2. The molecule has 2 heterocycles. The van der Waals surface area contributed by atoms with E-state index in [1.165, 1.54) is 46.1 Å². The molecule has 9 heteroatoms. The van der Waals surface area contributed by atoms with Gasteiger partial charge in [-0.15, -0.1) is 0 Å². The Labute approximate surface area is 185 Å². The number of amides is 1.